The van der Waals surface area contributed by atoms with Gasteiger partial charge in [0.15, 0.2) is 5.72 Å². The van der Waals surface area contributed by atoms with Crippen molar-refractivity contribution in [2.45, 2.75) is 32.0 Å². The van der Waals surface area contributed by atoms with E-state index in [4.69, 9.17) is 9.47 Å². The molecule has 1 fully saturated rings. The Morgan fingerprint density at radius 1 is 1.31 bits per heavy atom. The Bertz CT molecular complexity index is 910. The third-order valence-electron chi connectivity index (χ3n) is 4.95. The zero-order valence-electron chi connectivity index (χ0n) is 14.9. The van der Waals surface area contributed by atoms with Crippen molar-refractivity contribution in [1.29, 1.82) is 0 Å². The molecule has 0 saturated carbocycles. The first-order valence-electron chi connectivity index (χ1n) is 8.50. The van der Waals surface area contributed by atoms with Crippen molar-refractivity contribution in [2.75, 3.05) is 12.0 Å². The van der Waals surface area contributed by atoms with E-state index in [0.29, 0.717) is 17.7 Å². The monoisotopic (exact) mass is 352 g/mol. The lowest BCUT2D eigenvalue weighted by atomic mass is 9.89. The third-order valence-corrected chi connectivity index (χ3v) is 4.95. The number of nitrogens with zero attached hydrogens (tertiary/aromatic N) is 1. The van der Waals surface area contributed by atoms with Crippen LogP contribution in [0.5, 0.6) is 5.75 Å². The van der Waals surface area contributed by atoms with Gasteiger partial charge in [-0.25, -0.2) is 9.59 Å². The molecule has 2 aromatic carbocycles. The van der Waals surface area contributed by atoms with Gasteiger partial charge in [-0.05, 0) is 49.7 Å². The lowest BCUT2D eigenvalue weighted by molar-refractivity contribution is 0.0377. The van der Waals surface area contributed by atoms with Crippen molar-refractivity contribution in [3.63, 3.8) is 0 Å². The van der Waals surface area contributed by atoms with E-state index in [1.54, 1.807) is 23.1 Å². The summed E-state index contributed by atoms with van der Waals surface area (Å²) in [7, 11) is 1.34. The van der Waals surface area contributed by atoms with E-state index in [1.165, 1.54) is 7.11 Å². The van der Waals surface area contributed by atoms with E-state index < -0.39 is 11.7 Å². The number of esters is 1. The van der Waals surface area contributed by atoms with Crippen LogP contribution in [0, 0.1) is 6.92 Å². The Hall–Kier alpha value is -3.02. The zero-order chi connectivity index (χ0) is 18.5. The molecular weight excluding hydrogens is 332 g/mol. The highest BCUT2D eigenvalue weighted by Gasteiger charge is 2.50. The van der Waals surface area contributed by atoms with Crippen LogP contribution in [-0.4, -0.2) is 24.8 Å². The molecule has 4 rings (SSSR count). The predicted molar refractivity (Wildman–Crippen MR) is 96.4 cm³/mol. The van der Waals surface area contributed by atoms with Gasteiger partial charge in [0, 0.05) is 17.7 Å². The number of benzene rings is 2. The average molecular weight is 352 g/mol. The van der Waals surface area contributed by atoms with Crippen LogP contribution < -0.4 is 15.0 Å². The molecule has 2 bridgehead atoms. The number of fused-ring (bicyclic) bond motifs is 4. The minimum absolute atomic E-state index is 0.219. The fourth-order valence-corrected chi connectivity index (χ4v) is 3.78. The van der Waals surface area contributed by atoms with Crippen LogP contribution in [0.3, 0.4) is 0 Å². The average Bonchev–Trinajstić information content (AvgIpc) is 2.60. The maximum Gasteiger partial charge on any atom is 0.337 e. The van der Waals surface area contributed by atoms with Crippen molar-refractivity contribution >= 4 is 17.7 Å². The number of aryl methyl sites for hydroxylation is 1. The molecule has 2 heterocycles. The molecule has 0 spiro atoms. The van der Waals surface area contributed by atoms with E-state index in [-0.39, 0.29) is 12.1 Å². The topological polar surface area (TPSA) is 67.9 Å². The lowest BCUT2D eigenvalue weighted by Crippen LogP contribution is -2.65. The molecule has 2 amide bonds. The van der Waals surface area contributed by atoms with Crippen molar-refractivity contribution in [3.8, 4) is 5.75 Å². The number of ether oxygens (including phenoxy) is 2. The summed E-state index contributed by atoms with van der Waals surface area (Å²) >= 11 is 0. The van der Waals surface area contributed by atoms with Gasteiger partial charge in [-0.1, -0.05) is 12.1 Å². The Morgan fingerprint density at radius 2 is 2.12 bits per heavy atom. The molecule has 2 aliphatic rings. The van der Waals surface area contributed by atoms with Gasteiger partial charge in [-0.3, -0.25) is 4.90 Å². The Labute approximate surface area is 151 Å². The van der Waals surface area contributed by atoms with Crippen molar-refractivity contribution in [3.05, 3.63) is 59.2 Å². The van der Waals surface area contributed by atoms with Gasteiger partial charge in [0.2, 0.25) is 0 Å². The number of hydrogen-bond donors (Lipinski definition) is 1. The van der Waals surface area contributed by atoms with E-state index in [0.717, 1.165) is 16.8 Å². The molecular formula is C20H20N2O4. The fourth-order valence-electron chi connectivity index (χ4n) is 3.78. The molecule has 6 nitrogen and oxygen atoms in total. The summed E-state index contributed by atoms with van der Waals surface area (Å²) in [5.74, 6) is 0.249. The van der Waals surface area contributed by atoms with E-state index in [9.17, 15) is 9.59 Å². The number of urea groups is 1. The number of amides is 2. The first-order valence-corrected chi connectivity index (χ1v) is 8.50. The van der Waals surface area contributed by atoms with Gasteiger partial charge in [0.1, 0.15) is 5.75 Å². The summed E-state index contributed by atoms with van der Waals surface area (Å²) in [6.45, 7) is 3.90. The molecule has 0 aromatic heterocycles. The molecule has 0 aliphatic carbocycles. The molecule has 2 aliphatic heterocycles. The fraction of sp³-hybridized carbons (Fsp3) is 0.300. The van der Waals surface area contributed by atoms with Crippen LogP contribution in [0.15, 0.2) is 42.5 Å². The van der Waals surface area contributed by atoms with Gasteiger partial charge in [-0.15, -0.1) is 0 Å². The second kappa shape index (κ2) is 5.76. The first-order chi connectivity index (χ1) is 12.4. The number of carbonyl (C=O) groups excluding carboxylic acids is 2. The maximum absolute atomic E-state index is 12.9. The third kappa shape index (κ3) is 2.49. The molecule has 1 N–H and O–H groups in total. The lowest BCUT2D eigenvalue weighted by Gasteiger charge is -2.50. The summed E-state index contributed by atoms with van der Waals surface area (Å²) in [5.41, 5.74) is 2.29. The van der Waals surface area contributed by atoms with Crippen LogP contribution in [-0.2, 0) is 4.74 Å². The van der Waals surface area contributed by atoms with E-state index in [2.05, 4.69) is 5.32 Å². The van der Waals surface area contributed by atoms with Gasteiger partial charge in [-0.2, -0.15) is 0 Å². The number of hydrogen-bond acceptors (Lipinski definition) is 4. The smallest absolute Gasteiger partial charge is 0.337 e. The van der Waals surface area contributed by atoms with E-state index in [1.807, 2.05) is 38.1 Å². The second-order valence-corrected chi connectivity index (χ2v) is 6.90. The summed E-state index contributed by atoms with van der Waals surface area (Å²) < 4.78 is 11.0. The Morgan fingerprint density at radius 3 is 2.85 bits per heavy atom. The van der Waals surface area contributed by atoms with Gasteiger partial charge < -0.3 is 14.8 Å². The summed E-state index contributed by atoms with van der Waals surface area (Å²) in [6, 6.07) is 12.5. The standard InChI is InChI=1S/C20H20N2O4/c1-12-5-4-6-14(9-12)22-19(24)21-16-11-20(22,2)26-17-8-7-13(10-15(16)17)18(23)25-3/h4-10,16H,11H2,1-3H3,(H,21,24). The molecule has 2 unspecified atom stereocenters. The first kappa shape index (κ1) is 16.4. The minimum Gasteiger partial charge on any atom is -0.467 e. The second-order valence-electron chi connectivity index (χ2n) is 6.90. The van der Waals surface area contributed by atoms with Crippen molar-refractivity contribution in [2.24, 2.45) is 0 Å². The molecule has 2 aromatic rings. The van der Waals surface area contributed by atoms with Crippen LogP contribution in [0.1, 0.15) is 40.9 Å². The number of rotatable bonds is 2. The van der Waals surface area contributed by atoms with Gasteiger partial charge >= 0.3 is 12.0 Å². The normalized spacial score (nSPS) is 23.6. The summed E-state index contributed by atoms with van der Waals surface area (Å²) in [4.78, 5) is 26.3. The summed E-state index contributed by atoms with van der Waals surface area (Å²) in [6.07, 6.45) is 0.574. The van der Waals surface area contributed by atoms with Crippen LogP contribution >= 0.6 is 0 Å². The predicted octanol–water partition coefficient (Wildman–Crippen LogP) is 3.55. The van der Waals surface area contributed by atoms with Crippen molar-refractivity contribution in [1.82, 2.24) is 5.32 Å². The maximum atomic E-state index is 12.9. The Kier molecular flexibility index (Phi) is 3.64. The minimum atomic E-state index is -0.805. The zero-order valence-corrected chi connectivity index (χ0v) is 14.9. The number of nitrogens with one attached hydrogen (secondary N) is 1. The molecule has 26 heavy (non-hydrogen) atoms. The van der Waals surface area contributed by atoms with Crippen molar-refractivity contribution < 1.29 is 19.1 Å². The number of anilines is 1. The number of methoxy groups -OCH3 is 1. The quantitative estimate of drug-likeness (QED) is 0.840. The number of carbonyl (C=O) groups is 2. The molecule has 134 valence electrons. The highest BCUT2D eigenvalue weighted by molar-refractivity contribution is 5.95. The largest absolute Gasteiger partial charge is 0.467 e. The Balaban J connectivity index is 1.76. The molecule has 1 saturated heterocycles. The summed E-state index contributed by atoms with van der Waals surface area (Å²) in [5, 5.41) is 3.04. The highest BCUT2D eigenvalue weighted by atomic mass is 16.5. The SMILES string of the molecule is COC(=O)c1ccc2c(c1)C1CC(C)(O2)N(c2cccc(C)c2)C(=O)N1. The molecule has 0 radical (unpaired) electrons. The van der Waals surface area contributed by atoms with Gasteiger partial charge in [0.05, 0.1) is 18.7 Å². The van der Waals surface area contributed by atoms with E-state index >= 15 is 0 Å². The van der Waals surface area contributed by atoms with Crippen LogP contribution in [0.2, 0.25) is 0 Å². The molecule has 2 atom stereocenters. The van der Waals surface area contributed by atoms with Crippen LogP contribution in [0.25, 0.3) is 0 Å². The highest BCUT2D eigenvalue weighted by Crippen LogP contribution is 2.45. The van der Waals surface area contributed by atoms with Crippen LogP contribution in [0.4, 0.5) is 10.5 Å². The molecule has 6 heteroatoms. The van der Waals surface area contributed by atoms with Gasteiger partial charge in [0.25, 0.3) is 0 Å².